The number of hydrogen-bond acceptors (Lipinski definition) is 4. The van der Waals surface area contributed by atoms with Gasteiger partial charge >= 0.3 is 0 Å². The van der Waals surface area contributed by atoms with Gasteiger partial charge in [-0.1, -0.05) is 50.2 Å². The highest BCUT2D eigenvalue weighted by Gasteiger charge is 2.29. The maximum absolute atomic E-state index is 13.4. The molecule has 0 saturated heterocycles. The summed E-state index contributed by atoms with van der Waals surface area (Å²) in [4.78, 5) is 13.2. The molecule has 0 radical (unpaired) electrons. The molecule has 6 nitrogen and oxygen atoms in total. The molecule has 1 atom stereocenters. The first kappa shape index (κ1) is 25.2. The molecule has 0 saturated carbocycles. The van der Waals surface area contributed by atoms with E-state index in [1.54, 1.807) is 24.3 Å². The van der Waals surface area contributed by atoms with Crippen LogP contribution >= 0.6 is 22.6 Å². The third kappa shape index (κ3) is 6.78. The number of benzene rings is 3. The lowest BCUT2D eigenvalue weighted by Crippen LogP contribution is -2.45. The molecule has 33 heavy (non-hydrogen) atoms. The maximum atomic E-state index is 13.4. The Bertz CT molecular complexity index is 1200. The summed E-state index contributed by atoms with van der Waals surface area (Å²) in [6.07, 6.45) is 0.197. The number of carbonyl (C=O) groups excluding carboxylic acids is 1. The first-order valence-electron chi connectivity index (χ1n) is 10.5. The van der Waals surface area contributed by atoms with Crippen LogP contribution in [0.1, 0.15) is 30.9 Å². The topological polar surface area (TPSA) is 84.5 Å². The molecule has 0 fully saturated rings. The second-order valence-corrected chi connectivity index (χ2v) is 10.9. The van der Waals surface area contributed by atoms with Crippen molar-refractivity contribution < 1.29 is 17.9 Å². The lowest BCUT2D eigenvalue weighted by molar-refractivity contribution is -0.117. The van der Waals surface area contributed by atoms with Crippen LogP contribution in [0.3, 0.4) is 0 Å². The van der Waals surface area contributed by atoms with E-state index < -0.39 is 22.0 Å². The van der Waals surface area contributed by atoms with Gasteiger partial charge in [-0.25, -0.2) is 8.42 Å². The van der Waals surface area contributed by atoms with E-state index in [2.05, 4.69) is 32.6 Å². The maximum Gasteiger partial charge on any atom is 0.245 e. The molecule has 3 aromatic carbocycles. The molecule has 8 heteroatoms. The highest BCUT2D eigenvalue weighted by atomic mass is 127. The van der Waals surface area contributed by atoms with E-state index in [1.165, 1.54) is 7.11 Å². The second kappa shape index (κ2) is 11.1. The zero-order valence-electron chi connectivity index (χ0n) is 18.7. The Morgan fingerprint density at radius 2 is 1.67 bits per heavy atom. The van der Waals surface area contributed by atoms with E-state index in [9.17, 15) is 13.2 Å². The summed E-state index contributed by atoms with van der Waals surface area (Å²) in [5.41, 5.74) is 2.29. The van der Waals surface area contributed by atoms with Gasteiger partial charge in [-0.2, -0.15) is 4.72 Å². The molecule has 0 aliphatic heterocycles. The first-order valence-corrected chi connectivity index (χ1v) is 13.1. The Balaban J connectivity index is 1.94. The highest BCUT2D eigenvalue weighted by molar-refractivity contribution is 14.1. The summed E-state index contributed by atoms with van der Waals surface area (Å²) in [7, 11) is -2.63. The van der Waals surface area contributed by atoms with Gasteiger partial charge < -0.3 is 10.1 Å². The van der Waals surface area contributed by atoms with Gasteiger partial charge in [-0.05, 0) is 82.5 Å². The van der Waals surface area contributed by atoms with E-state index in [0.717, 1.165) is 14.7 Å². The molecule has 0 spiro atoms. The zero-order chi connectivity index (χ0) is 24.0. The van der Waals surface area contributed by atoms with E-state index >= 15 is 0 Å². The number of amides is 1. The van der Waals surface area contributed by atoms with Gasteiger partial charge in [0.05, 0.1) is 7.11 Å². The fourth-order valence-electron chi connectivity index (χ4n) is 3.31. The molecule has 3 rings (SSSR count). The second-order valence-electron chi connectivity index (χ2n) is 7.92. The van der Waals surface area contributed by atoms with E-state index in [1.807, 2.05) is 62.4 Å². The van der Waals surface area contributed by atoms with Crippen LogP contribution in [0.25, 0.3) is 0 Å². The van der Waals surface area contributed by atoms with Crippen LogP contribution in [0.5, 0.6) is 5.75 Å². The van der Waals surface area contributed by atoms with E-state index in [4.69, 9.17) is 4.74 Å². The number of hydrogen-bond donors (Lipinski definition) is 2. The molecule has 1 amide bonds. The third-order valence-electron chi connectivity index (χ3n) is 5.15. The van der Waals surface area contributed by atoms with Crippen molar-refractivity contribution in [2.24, 2.45) is 0 Å². The molecule has 0 aromatic heterocycles. The Kier molecular flexibility index (Phi) is 8.50. The molecular formula is C25H27IN2O4S. The van der Waals surface area contributed by atoms with Gasteiger partial charge in [0.2, 0.25) is 15.9 Å². The Morgan fingerprint density at radius 1 is 1.00 bits per heavy atom. The Hall–Kier alpha value is -2.43. The fraction of sp³-hybridized carbons (Fsp3) is 0.240. The number of anilines is 1. The molecule has 0 heterocycles. The van der Waals surface area contributed by atoms with Crippen LogP contribution in [0, 0.1) is 3.57 Å². The average Bonchev–Trinajstić information content (AvgIpc) is 2.80. The molecule has 0 bridgehead atoms. The predicted molar refractivity (Wildman–Crippen MR) is 139 cm³/mol. The monoisotopic (exact) mass is 578 g/mol. The minimum absolute atomic E-state index is 0.0105. The average molecular weight is 578 g/mol. The predicted octanol–water partition coefficient (Wildman–Crippen LogP) is 4.95. The van der Waals surface area contributed by atoms with Crippen molar-refractivity contribution >= 4 is 44.2 Å². The summed E-state index contributed by atoms with van der Waals surface area (Å²) in [6.45, 7) is 3.97. The first-order chi connectivity index (χ1) is 15.7. The largest absolute Gasteiger partial charge is 0.495 e. The lowest BCUT2D eigenvalue weighted by Gasteiger charge is -2.20. The SMILES string of the molecule is COc1ccc(C(C)C)cc1S(=O)(=O)NC(Cc1ccccc1)C(=O)Nc1ccc(I)cc1. The summed E-state index contributed by atoms with van der Waals surface area (Å²) in [6, 6.07) is 20.7. The normalized spacial score (nSPS) is 12.4. The van der Waals surface area contributed by atoms with Crippen molar-refractivity contribution in [3.63, 3.8) is 0 Å². The van der Waals surface area contributed by atoms with Gasteiger partial charge in [-0.3, -0.25) is 4.79 Å². The number of halogens is 1. The molecule has 174 valence electrons. The highest BCUT2D eigenvalue weighted by Crippen LogP contribution is 2.28. The van der Waals surface area contributed by atoms with Crippen molar-refractivity contribution in [1.82, 2.24) is 4.72 Å². The van der Waals surface area contributed by atoms with Crippen LogP contribution < -0.4 is 14.8 Å². The summed E-state index contributed by atoms with van der Waals surface area (Å²) in [5.74, 6) is -0.0832. The van der Waals surface area contributed by atoms with Crippen molar-refractivity contribution in [2.75, 3.05) is 12.4 Å². The summed E-state index contributed by atoms with van der Waals surface area (Å²) in [5, 5.41) is 2.82. The van der Waals surface area contributed by atoms with Gasteiger partial charge in [-0.15, -0.1) is 0 Å². The Labute approximate surface area is 208 Å². The van der Waals surface area contributed by atoms with Crippen LogP contribution in [0.4, 0.5) is 5.69 Å². The van der Waals surface area contributed by atoms with Crippen molar-refractivity contribution in [3.05, 3.63) is 87.5 Å². The minimum Gasteiger partial charge on any atom is -0.495 e. The van der Waals surface area contributed by atoms with Crippen LogP contribution in [0.15, 0.2) is 77.7 Å². The quantitative estimate of drug-likeness (QED) is 0.352. The van der Waals surface area contributed by atoms with Gasteiger partial charge in [0.15, 0.2) is 0 Å². The Morgan fingerprint density at radius 3 is 2.27 bits per heavy atom. The lowest BCUT2D eigenvalue weighted by atomic mass is 10.0. The number of methoxy groups -OCH3 is 1. The molecule has 2 N–H and O–H groups in total. The number of sulfonamides is 1. The summed E-state index contributed by atoms with van der Waals surface area (Å²) >= 11 is 2.18. The smallest absolute Gasteiger partial charge is 0.245 e. The standard InChI is InChI=1S/C25H27IN2O4S/c1-17(2)19-9-14-23(32-3)24(16-19)33(30,31)28-22(15-18-7-5-4-6-8-18)25(29)27-21-12-10-20(26)11-13-21/h4-14,16-17,22,28H,15H2,1-3H3,(H,27,29). The number of ether oxygens (including phenoxy) is 1. The molecule has 3 aromatic rings. The summed E-state index contributed by atoms with van der Waals surface area (Å²) < 4.78 is 35.8. The molecule has 0 aliphatic rings. The van der Waals surface area contributed by atoms with Crippen LogP contribution in [-0.4, -0.2) is 27.5 Å². The van der Waals surface area contributed by atoms with Crippen molar-refractivity contribution in [3.8, 4) is 5.75 Å². The van der Waals surface area contributed by atoms with Crippen LogP contribution in [0.2, 0.25) is 0 Å². The van der Waals surface area contributed by atoms with Crippen molar-refractivity contribution in [1.29, 1.82) is 0 Å². The van der Waals surface area contributed by atoms with Gasteiger partial charge in [0.1, 0.15) is 16.7 Å². The van der Waals surface area contributed by atoms with Gasteiger partial charge in [0.25, 0.3) is 0 Å². The van der Waals surface area contributed by atoms with Crippen molar-refractivity contribution in [2.45, 2.75) is 37.1 Å². The number of rotatable bonds is 9. The number of carbonyl (C=O) groups is 1. The van der Waals surface area contributed by atoms with Crippen LogP contribution in [-0.2, 0) is 21.2 Å². The van der Waals surface area contributed by atoms with E-state index in [-0.39, 0.29) is 23.0 Å². The fourth-order valence-corrected chi connectivity index (χ4v) is 5.07. The van der Waals surface area contributed by atoms with Gasteiger partial charge in [0, 0.05) is 9.26 Å². The zero-order valence-corrected chi connectivity index (χ0v) is 21.7. The molecule has 0 aliphatic carbocycles. The third-order valence-corrected chi connectivity index (χ3v) is 7.36. The molecule has 1 unspecified atom stereocenters. The van der Waals surface area contributed by atoms with E-state index in [0.29, 0.717) is 5.69 Å². The molecular weight excluding hydrogens is 551 g/mol. The minimum atomic E-state index is -4.06. The number of nitrogens with one attached hydrogen (secondary N) is 2.